The van der Waals surface area contributed by atoms with Gasteiger partial charge in [0, 0.05) is 11.7 Å². The van der Waals surface area contributed by atoms with Crippen LogP contribution in [0.5, 0.6) is 0 Å². The molecular formula is C16H16ClF3N2O4S2. The maximum Gasteiger partial charge on any atom is 0.417 e. The third kappa shape index (κ3) is 5.37. The van der Waals surface area contributed by atoms with Crippen molar-refractivity contribution in [3.8, 4) is 0 Å². The molecule has 0 amide bonds. The van der Waals surface area contributed by atoms with Crippen molar-refractivity contribution in [2.45, 2.75) is 35.9 Å². The van der Waals surface area contributed by atoms with Crippen molar-refractivity contribution in [1.29, 1.82) is 0 Å². The van der Waals surface area contributed by atoms with E-state index in [1.54, 1.807) is 13.8 Å². The van der Waals surface area contributed by atoms with E-state index < -0.39 is 41.7 Å². The Bertz CT molecular complexity index is 1070. The minimum absolute atomic E-state index is 0.0213. The van der Waals surface area contributed by atoms with Gasteiger partial charge in [0.05, 0.1) is 20.4 Å². The van der Waals surface area contributed by atoms with Crippen LogP contribution in [0.1, 0.15) is 19.4 Å². The van der Waals surface area contributed by atoms with E-state index in [9.17, 15) is 30.0 Å². The molecule has 0 saturated heterocycles. The first-order chi connectivity index (χ1) is 12.7. The maximum atomic E-state index is 12.9. The number of benzene rings is 2. The van der Waals surface area contributed by atoms with Crippen molar-refractivity contribution < 1.29 is 30.0 Å². The highest BCUT2D eigenvalue weighted by atomic mass is 35.5. The molecule has 0 aliphatic carbocycles. The Kier molecular flexibility index (Phi) is 6.34. The fourth-order valence-electron chi connectivity index (χ4n) is 2.18. The van der Waals surface area contributed by atoms with Crippen LogP contribution in [0.25, 0.3) is 0 Å². The highest BCUT2D eigenvalue weighted by Gasteiger charge is 2.34. The standard InChI is InChI=1S/C16H16ClF3N2O4S2/c1-10(2)21-27(23,24)12-5-3-11(4-6-12)22-28(25,26)13-7-8-15(17)14(9-13)16(18,19)20/h3-10,21-22H,1-2H3. The lowest BCUT2D eigenvalue weighted by Crippen LogP contribution is -2.30. The van der Waals surface area contributed by atoms with E-state index in [0.717, 1.165) is 12.1 Å². The molecule has 0 aliphatic heterocycles. The van der Waals surface area contributed by atoms with Crippen LogP contribution in [-0.2, 0) is 26.2 Å². The van der Waals surface area contributed by atoms with Gasteiger partial charge in [-0.15, -0.1) is 0 Å². The minimum Gasteiger partial charge on any atom is -0.280 e. The van der Waals surface area contributed by atoms with Crippen molar-refractivity contribution in [1.82, 2.24) is 4.72 Å². The zero-order chi connectivity index (χ0) is 21.3. The molecule has 0 spiro atoms. The summed E-state index contributed by atoms with van der Waals surface area (Å²) in [6, 6.07) is 6.58. The molecule has 0 atom stereocenters. The molecule has 0 aliphatic rings. The summed E-state index contributed by atoms with van der Waals surface area (Å²) >= 11 is 5.49. The van der Waals surface area contributed by atoms with Gasteiger partial charge < -0.3 is 0 Å². The Hall–Kier alpha value is -1.82. The van der Waals surface area contributed by atoms with E-state index in [2.05, 4.69) is 9.44 Å². The summed E-state index contributed by atoms with van der Waals surface area (Å²) < 4.78 is 92.1. The maximum absolute atomic E-state index is 12.9. The zero-order valence-electron chi connectivity index (χ0n) is 14.6. The van der Waals surface area contributed by atoms with Crippen LogP contribution < -0.4 is 9.44 Å². The molecule has 12 heteroatoms. The molecule has 6 nitrogen and oxygen atoms in total. The smallest absolute Gasteiger partial charge is 0.280 e. The summed E-state index contributed by atoms with van der Waals surface area (Å²) in [4.78, 5) is -0.725. The fourth-order valence-corrected chi connectivity index (χ4v) is 4.74. The normalized spacial score (nSPS) is 13.0. The third-order valence-electron chi connectivity index (χ3n) is 3.36. The quantitative estimate of drug-likeness (QED) is 0.690. The van der Waals surface area contributed by atoms with Crippen LogP contribution in [-0.4, -0.2) is 22.9 Å². The van der Waals surface area contributed by atoms with Crippen LogP contribution in [0.2, 0.25) is 5.02 Å². The molecule has 0 unspecified atom stereocenters. The van der Waals surface area contributed by atoms with Gasteiger partial charge in [0.2, 0.25) is 10.0 Å². The molecule has 0 heterocycles. The van der Waals surface area contributed by atoms with Gasteiger partial charge in [0.25, 0.3) is 10.0 Å². The molecule has 2 rings (SSSR count). The van der Waals surface area contributed by atoms with E-state index in [1.165, 1.54) is 24.3 Å². The molecule has 0 bridgehead atoms. The van der Waals surface area contributed by atoms with Crippen molar-refractivity contribution in [2.24, 2.45) is 0 Å². The zero-order valence-corrected chi connectivity index (χ0v) is 17.0. The van der Waals surface area contributed by atoms with Gasteiger partial charge in [0.1, 0.15) is 0 Å². The van der Waals surface area contributed by atoms with E-state index in [-0.39, 0.29) is 16.6 Å². The summed E-state index contributed by atoms with van der Waals surface area (Å²) in [6.45, 7) is 3.28. The monoisotopic (exact) mass is 456 g/mol. The topological polar surface area (TPSA) is 92.3 Å². The number of sulfonamides is 2. The Morgan fingerprint density at radius 1 is 0.893 bits per heavy atom. The lowest BCUT2D eigenvalue weighted by Gasteiger charge is -2.13. The molecule has 2 aromatic carbocycles. The first-order valence-electron chi connectivity index (χ1n) is 7.74. The second-order valence-electron chi connectivity index (χ2n) is 6.05. The first-order valence-corrected chi connectivity index (χ1v) is 11.1. The van der Waals surface area contributed by atoms with Gasteiger partial charge in [0.15, 0.2) is 0 Å². The van der Waals surface area contributed by atoms with Gasteiger partial charge in [-0.1, -0.05) is 11.6 Å². The Balaban J connectivity index is 2.31. The van der Waals surface area contributed by atoms with Crippen LogP contribution in [0.15, 0.2) is 52.3 Å². The second kappa shape index (κ2) is 7.90. The summed E-state index contributed by atoms with van der Waals surface area (Å²) in [5, 5.41) is -0.626. The van der Waals surface area contributed by atoms with E-state index in [1.807, 2.05) is 0 Å². The number of anilines is 1. The summed E-state index contributed by atoms with van der Waals surface area (Å²) in [6.07, 6.45) is -4.82. The van der Waals surface area contributed by atoms with Gasteiger partial charge in [-0.3, -0.25) is 4.72 Å². The Labute approximate surface area is 165 Å². The molecule has 28 heavy (non-hydrogen) atoms. The molecule has 0 aromatic heterocycles. The average Bonchev–Trinajstić information content (AvgIpc) is 2.52. The van der Waals surface area contributed by atoms with Gasteiger partial charge in [-0.25, -0.2) is 21.6 Å². The largest absolute Gasteiger partial charge is 0.417 e. The minimum atomic E-state index is -4.82. The molecular weight excluding hydrogens is 441 g/mol. The SMILES string of the molecule is CC(C)NS(=O)(=O)c1ccc(NS(=O)(=O)c2ccc(Cl)c(C(F)(F)F)c2)cc1. The van der Waals surface area contributed by atoms with Crippen LogP contribution in [0.3, 0.4) is 0 Å². The fraction of sp³-hybridized carbons (Fsp3) is 0.250. The predicted molar refractivity (Wildman–Crippen MR) is 99.2 cm³/mol. The summed E-state index contributed by atoms with van der Waals surface area (Å²) in [7, 11) is -8.12. The van der Waals surface area contributed by atoms with Gasteiger partial charge >= 0.3 is 6.18 Å². The molecule has 0 saturated carbocycles. The van der Waals surface area contributed by atoms with Crippen molar-refractivity contribution in [3.05, 3.63) is 53.1 Å². The molecule has 154 valence electrons. The van der Waals surface area contributed by atoms with Crippen LogP contribution in [0, 0.1) is 0 Å². The first kappa shape index (κ1) is 22.5. The van der Waals surface area contributed by atoms with Crippen molar-refractivity contribution in [2.75, 3.05) is 4.72 Å². The lowest BCUT2D eigenvalue weighted by atomic mass is 10.2. The predicted octanol–water partition coefficient (Wildman–Crippen LogP) is 3.85. The molecule has 2 aromatic rings. The highest BCUT2D eigenvalue weighted by molar-refractivity contribution is 7.92. The highest BCUT2D eigenvalue weighted by Crippen LogP contribution is 2.36. The number of hydrogen-bond acceptors (Lipinski definition) is 4. The number of halogens is 4. The third-order valence-corrected chi connectivity index (χ3v) is 6.74. The van der Waals surface area contributed by atoms with Crippen molar-refractivity contribution >= 4 is 37.3 Å². The van der Waals surface area contributed by atoms with Crippen molar-refractivity contribution in [3.63, 3.8) is 0 Å². The summed E-state index contributed by atoms with van der Waals surface area (Å²) in [5.41, 5.74) is -1.30. The van der Waals surface area contributed by atoms with E-state index in [0.29, 0.717) is 6.07 Å². The van der Waals surface area contributed by atoms with E-state index in [4.69, 9.17) is 11.6 Å². The Morgan fingerprint density at radius 2 is 1.43 bits per heavy atom. The average molecular weight is 457 g/mol. The number of hydrogen-bond donors (Lipinski definition) is 2. The molecule has 0 fully saturated rings. The van der Waals surface area contributed by atoms with Gasteiger partial charge in [-0.05, 0) is 56.3 Å². The number of nitrogens with one attached hydrogen (secondary N) is 2. The molecule has 0 radical (unpaired) electrons. The van der Waals surface area contributed by atoms with E-state index >= 15 is 0 Å². The summed E-state index contributed by atoms with van der Waals surface area (Å²) in [5.74, 6) is 0. The van der Waals surface area contributed by atoms with Crippen LogP contribution >= 0.6 is 11.6 Å². The lowest BCUT2D eigenvalue weighted by molar-refractivity contribution is -0.137. The van der Waals surface area contributed by atoms with Crippen LogP contribution in [0.4, 0.5) is 18.9 Å². The Morgan fingerprint density at radius 3 is 1.93 bits per heavy atom. The van der Waals surface area contributed by atoms with Gasteiger partial charge in [-0.2, -0.15) is 13.2 Å². The number of rotatable bonds is 6. The number of alkyl halides is 3. The second-order valence-corrected chi connectivity index (χ2v) is 9.85. The molecule has 2 N–H and O–H groups in total.